The molecule has 152 valence electrons. The van der Waals surface area contributed by atoms with E-state index in [2.05, 4.69) is 9.46 Å². The normalized spacial score (nSPS) is 16.6. The van der Waals surface area contributed by atoms with E-state index in [1.807, 2.05) is 0 Å². The molecule has 0 aliphatic carbocycles. The highest BCUT2D eigenvalue weighted by Gasteiger charge is 2.56. The Hall–Kier alpha value is -1.58. The SMILES string of the molecule is CCOC(=O)/C(F)=C/C(F)(F)[C@](C)(N[S+]([O-])C(C)(C)C)c1ccccc1F. The quantitative estimate of drug-likeness (QED) is 0.318. The van der Waals surface area contributed by atoms with Crippen molar-refractivity contribution in [3.05, 3.63) is 47.5 Å². The summed E-state index contributed by atoms with van der Waals surface area (Å²) in [7, 11) is 0. The Morgan fingerprint density at radius 2 is 1.81 bits per heavy atom. The number of benzene rings is 1. The zero-order valence-corrected chi connectivity index (χ0v) is 16.6. The molecule has 9 heteroatoms. The van der Waals surface area contributed by atoms with E-state index in [0.29, 0.717) is 0 Å². The Labute approximate surface area is 159 Å². The van der Waals surface area contributed by atoms with Crippen LogP contribution >= 0.6 is 0 Å². The average Bonchev–Trinajstić information content (AvgIpc) is 2.53. The number of rotatable bonds is 7. The van der Waals surface area contributed by atoms with Gasteiger partial charge in [-0.25, -0.2) is 9.18 Å². The molecular formula is C18H23F4NO3S. The number of carbonyl (C=O) groups excluding carboxylic acids is 1. The van der Waals surface area contributed by atoms with Crippen molar-refractivity contribution in [3.8, 4) is 0 Å². The lowest BCUT2D eigenvalue weighted by atomic mass is 9.85. The standard InChI is InChI=1S/C18H23F4NO3S/c1-6-26-15(24)14(20)11-18(21,22)17(5,23-27(25)16(2,3)4)12-9-7-8-10-13(12)19/h7-11,23H,6H2,1-5H3/b14-11-/t17-,27?/m1/s1. The fraction of sp³-hybridized carbons (Fsp3) is 0.500. The minimum atomic E-state index is -4.13. The number of hydrogen-bond acceptors (Lipinski definition) is 4. The van der Waals surface area contributed by atoms with Gasteiger partial charge in [0.1, 0.15) is 10.6 Å². The summed E-state index contributed by atoms with van der Waals surface area (Å²) in [6.45, 7) is 6.68. The van der Waals surface area contributed by atoms with Crippen LogP contribution in [0.5, 0.6) is 0 Å². The molecule has 0 radical (unpaired) electrons. The van der Waals surface area contributed by atoms with Crippen LogP contribution in [0.3, 0.4) is 0 Å². The molecule has 0 amide bonds. The van der Waals surface area contributed by atoms with Crippen molar-refractivity contribution in [1.29, 1.82) is 0 Å². The van der Waals surface area contributed by atoms with Crippen LogP contribution in [0.2, 0.25) is 0 Å². The van der Waals surface area contributed by atoms with Crippen LogP contribution in [0.25, 0.3) is 0 Å². The van der Waals surface area contributed by atoms with E-state index in [-0.39, 0.29) is 12.7 Å². The molecule has 0 saturated carbocycles. The number of esters is 1. The largest absolute Gasteiger partial charge is 0.598 e. The predicted octanol–water partition coefficient (Wildman–Crippen LogP) is 4.14. The maximum atomic E-state index is 15.0. The van der Waals surface area contributed by atoms with Gasteiger partial charge in [0.05, 0.1) is 6.61 Å². The molecule has 1 rings (SSSR count). The van der Waals surface area contributed by atoms with Crippen molar-refractivity contribution in [1.82, 2.24) is 4.72 Å². The fourth-order valence-corrected chi connectivity index (χ4v) is 2.99. The third-order valence-electron chi connectivity index (χ3n) is 3.71. The number of ether oxygens (including phenoxy) is 1. The molecule has 0 heterocycles. The summed E-state index contributed by atoms with van der Waals surface area (Å²) < 4.78 is 76.4. The smallest absolute Gasteiger partial charge is 0.367 e. The first kappa shape index (κ1) is 23.5. The third-order valence-corrected chi connectivity index (χ3v) is 5.42. The van der Waals surface area contributed by atoms with Crippen LogP contribution in [0, 0.1) is 5.82 Å². The number of halogens is 4. The van der Waals surface area contributed by atoms with E-state index in [0.717, 1.165) is 19.1 Å². The van der Waals surface area contributed by atoms with Crippen molar-refractivity contribution in [2.45, 2.75) is 50.8 Å². The summed E-state index contributed by atoms with van der Waals surface area (Å²) in [5.74, 6) is -8.52. The number of carbonyl (C=O) groups is 1. The van der Waals surface area contributed by atoms with Gasteiger partial charge in [-0.15, -0.1) is 4.72 Å². The van der Waals surface area contributed by atoms with E-state index in [1.54, 1.807) is 0 Å². The molecule has 0 saturated heterocycles. The average molecular weight is 409 g/mol. The highest BCUT2D eigenvalue weighted by Crippen LogP contribution is 2.42. The summed E-state index contributed by atoms with van der Waals surface area (Å²) in [4.78, 5) is 11.4. The minimum Gasteiger partial charge on any atom is -0.598 e. The highest BCUT2D eigenvalue weighted by atomic mass is 32.2. The zero-order valence-electron chi connectivity index (χ0n) is 15.7. The van der Waals surface area contributed by atoms with E-state index in [9.17, 15) is 18.1 Å². The molecule has 0 aliphatic heterocycles. The second-order valence-corrected chi connectivity index (χ2v) is 8.89. The van der Waals surface area contributed by atoms with E-state index < -0.39 is 50.7 Å². The van der Waals surface area contributed by atoms with Crippen LogP contribution in [0.15, 0.2) is 36.2 Å². The van der Waals surface area contributed by atoms with Crippen molar-refractivity contribution in [3.63, 3.8) is 0 Å². The second kappa shape index (κ2) is 8.62. The number of nitrogens with one attached hydrogen (secondary N) is 1. The maximum Gasteiger partial charge on any atom is 0.367 e. The minimum absolute atomic E-state index is 0.206. The van der Waals surface area contributed by atoms with Gasteiger partial charge in [-0.1, -0.05) is 18.2 Å². The van der Waals surface area contributed by atoms with E-state index in [1.165, 1.54) is 39.8 Å². The van der Waals surface area contributed by atoms with Gasteiger partial charge in [-0.3, -0.25) is 0 Å². The lowest BCUT2D eigenvalue weighted by Gasteiger charge is -2.39. The van der Waals surface area contributed by atoms with Crippen LogP contribution in [0.4, 0.5) is 17.6 Å². The number of hydrogen-bond donors (Lipinski definition) is 1. The van der Waals surface area contributed by atoms with Crippen molar-refractivity contribution in [2.24, 2.45) is 0 Å². The highest BCUT2D eigenvalue weighted by molar-refractivity contribution is 7.90. The summed E-state index contributed by atoms with van der Waals surface area (Å²) in [5, 5.41) is 0. The van der Waals surface area contributed by atoms with Gasteiger partial charge >= 0.3 is 5.97 Å². The Morgan fingerprint density at radius 1 is 1.26 bits per heavy atom. The molecule has 0 fully saturated rings. The van der Waals surface area contributed by atoms with Crippen LogP contribution < -0.4 is 4.72 Å². The molecule has 0 bridgehead atoms. The molecule has 0 aromatic heterocycles. The zero-order chi connectivity index (χ0) is 21.0. The fourth-order valence-electron chi connectivity index (χ4n) is 2.07. The van der Waals surface area contributed by atoms with Crippen LogP contribution in [-0.4, -0.2) is 27.8 Å². The first-order valence-electron chi connectivity index (χ1n) is 8.14. The molecule has 0 spiro atoms. The molecular weight excluding hydrogens is 386 g/mol. The summed E-state index contributed by atoms with van der Waals surface area (Å²) in [6, 6.07) is 4.65. The lowest BCUT2D eigenvalue weighted by Crippen LogP contribution is -2.58. The molecule has 27 heavy (non-hydrogen) atoms. The van der Waals surface area contributed by atoms with Gasteiger partial charge in [0.25, 0.3) is 5.92 Å². The molecule has 0 aliphatic rings. The van der Waals surface area contributed by atoms with Crippen molar-refractivity contribution >= 4 is 17.3 Å². The van der Waals surface area contributed by atoms with Crippen LogP contribution in [-0.2, 0) is 26.4 Å². The second-order valence-electron chi connectivity index (χ2n) is 6.92. The number of alkyl halides is 2. The van der Waals surface area contributed by atoms with Gasteiger partial charge in [0.2, 0.25) is 5.83 Å². The first-order chi connectivity index (χ1) is 12.3. The van der Waals surface area contributed by atoms with Crippen molar-refractivity contribution < 1.29 is 31.6 Å². The van der Waals surface area contributed by atoms with Gasteiger partial charge in [0, 0.05) is 23.0 Å². The molecule has 4 nitrogen and oxygen atoms in total. The Balaban J connectivity index is 3.51. The molecule has 1 aromatic rings. The topological polar surface area (TPSA) is 61.4 Å². The lowest BCUT2D eigenvalue weighted by molar-refractivity contribution is -0.140. The van der Waals surface area contributed by atoms with Gasteiger partial charge in [0.15, 0.2) is 5.54 Å². The van der Waals surface area contributed by atoms with E-state index >= 15 is 8.78 Å². The summed E-state index contributed by atoms with van der Waals surface area (Å²) in [5.41, 5.74) is -3.14. The van der Waals surface area contributed by atoms with Gasteiger partial charge in [-0.05, 0) is 40.7 Å². The summed E-state index contributed by atoms with van der Waals surface area (Å²) >= 11 is -2.06. The van der Waals surface area contributed by atoms with E-state index in [4.69, 9.17) is 0 Å². The molecule has 2 atom stereocenters. The Kier molecular flexibility index (Phi) is 7.49. The van der Waals surface area contributed by atoms with Crippen molar-refractivity contribution in [2.75, 3.05) is 6.61 Å². The van der Waals surface area contributed by atoms with Gasteiger partial charge in [-0.2, -0.15) is 13.2 Å². The predicted molar refractivity (Wildman–Crippen MR) is 95.6 cm³/mol. The Bertz CT molecular complexity index is 706. The molecule has 1 N–H and O–H groups in total. The maximum absolute atomic E-state index is 15.0. The van der Waals surface area contributed by atoms with Crippen LogP contribution in [0.1, 0.15) is 40.2 Å². The van der Waals surface area contributed by atoms with Gasteiger partial charge < -0.3 is 9.29 Å². The first-order valence-corrected chi connectivity index (χ1v) is 9.29. The third kappa shape index (κ3) is 5.46. The summed E-state index contributed by atoms with van der Waals surface area (Å²) in [6.07, 6.45) is -0.246. The molecule has 1 unspecified atom stereocenters. The molecule has 1 aromatic carbocycles. The Morgan fingerprint density at radius 3 is 2.30 bits per heavy atom. The monoisotopic (exact) mass is 409 g/mol.